The number of pyridine rings is 1. The quantitative estimate of drug-likeness (QED) is 0.902. The molecule has 1 aromatic heterocycles. The van der Waals surface area contributed by atoms with E-state index in [2.05, 4.69) is 16.4 Å². The van der Waals surface area contributed by atoms with Crippen LogP contribution in [0.3, 0.4) is 0 Å². The Kier molecular flexibility index (Phi) is 4.03. The van der Waals surface area contributed by atoms with Crippen molar-refractivity contribution >= 4 is 16.6 Å². The van der Waals surface area contributed by atoms with E-state index in [0.717, 1.165) is 16.6 Å². The lowest BCUT2D eigenvalue weighted by Gasteiger charge is -2.25. The molecule has 0 spiro atoms. The van der Waals surface area contributed by atoms with Gasteiger partial charge in [-0.3, -0.25) is 4.98 Å². The van der Waals surface area contributed by atoms with Gasteiger partial charge in [0.15, 0.2) is 0 Å². The molecule has 21 heavy (non-hydrogen) atoms. The van der Waals surface area contributed by atoms with E-state index in [0.29, 0.717) is 18.0 Å². The highest BCUT2D eigenvalue weighted by Crippen LogP contribution is 2.32. The van der Waals surface area contributed by atoms with Gasteiger partial charge in [-0.1, -0.05) is 31.0 Å². The topological polar surface area (TPSA) is 74.7 Å². The molecule has 0 amide bonds. The Hall–Kier alpha value is -2.12. The first-order valence-electron chi connectivity index (χ1n) is 7.58. The van der Waals surface area contributed by atoms with Crippen LogP contribution < -0.4 is 11.1 Å². The predicted octanol–water partition coefficient (Wildman–Crippen LogP) is 3.04. The summed E-state index contributed by atoms with van der Waals surface area (Å²) in [5, 5.41) is 13.9. The Balaban J connectivity index is 1.99. The smallest absolute Gasteiger partial charge is 0.103 e. The molecule has 0 aliphatic heterocycles. The van der Waals surface area contributed by atoms with Gasteiger partial charge in [0, 0.05) is 24.2 Å². The molecule has 0 radical (unpaired) electrons. The van der Waals surface area contributed by atoms with Crippen LogP contribution in [0.5, 0.6) is 0 Å². The number of nitrogens with one attached hydrogen (secondary N) is 1. The molecule has 1 unspecified atom stereocenters. The zero-order valence-electron chi connectivity index (χ0n) is 12.0. The second kappa shape index (κ2) is 6.11. The summed E-state index contributed by atoms with van der Waals surface area (Å²) in [6, 6.07) is 10.4. The number of hydrogen-bond donors (Lipinski definition) is 2. The molecule has 1 saturated carbocycles. The van der Waals surface area contributed by atoms with Gasteiger partial charge in [-0.2, -0.15) is 5.26 Å². The fourth-order valence-corrected chi connectivity index (χ4v) is 3.30. The molecule has 4 heteroatoms. The minimum absolute atomic E-state index is 0.227. The second-order valence-corrected chi connectivity index (χ2v) is 5.71. The summed E-state index contributed by atoms with van der Waals surface area (Å²) < 4.78 is 0. The number of benzene rings is 1. The second-order valence-electron chi connectivity index (χ2n) is 5.71. The Morgan fingerprint density at radius 2 is 2.10 bits per heavy atom. The number of hydrogen-bond acceptors (Lipinski definition) is 4. The summed E-state index contributed by atoms with van der Waals surface area (Å²) >= 11 is 0. The monoisotopic (exact) mass is 280 g/mol. The van der Waals surface area contributed by atoms with Crippen LogP contribution in [0.25, 0.3) is 10.9 Å². The summed E-state index contributed by atoms with van der Waals surface area (Å²) in [6.45, 7) is 0.589. The Bertz CT molecular complexity index is 668. The van der Waals surface area contributed by atoms with Crippen LogP contribution in [0.2, 0.25) is 0 Å². The lowest BCUT2D eigenvalue weighted by atomic mass is 9.97. The number of fused-ring (bicyclic) bond motifs is 1. The van der Waals surface area contributed by atoms with Crippen molar-refractivity contribution in [2.24, 2.45) is 11.7 Å². The molecule has 0 saturated heterocycles. The lowest BCUT2D eigenvalue weighted by Crippen LogP contribution is -2.35. The predicted molar refractivity (Wildman–Crippen MR) is 84.9 cm³/mol. The zero-order chi connectivity index (χ0) is 14.7. The zero-order valence-corrected chi connectivity index (χ0v) is 12.0. The molecule has 3 N–H and O–H groups in total. The molecule has 1 atom stereocenters. The van der Waals surface area contributed by atoms with E-state index in [1.54, 1.807) is 6.20 Å². The Morgan fingerprint density at radius 1 is 1.33 bits per heavy atom. The fourth-order valence-electron chi connectivity index (χ4n) is 3.30. The number of para-hydroxylation sites is 1. The first kappa shape index (κ1) is 13.8. The van der Waals surface area contributed by atoms with Gasteiger partial charge < -0.3 is 11.1 Å². The standard InChI is InChI=1S/C17H20N4/c18-9-13-11-20-15-8-4-3-7-14(15)17(13)21-16(10-19)12-5-1-2-6-12/h3-4,7-8,11-12,16H,1-2,5-6,10,19H2,(H,20,21). The average molecular weight is 280 g/mol. The molecule has 1 aliphatic rings. The van der Waals surface area contributed by atoms with Gasteiger partial charge in [0.2, 0.25) is 0 Å². The summed E-state index contributed by atoms with van der Waals surface area (Å²) in [4.78, 5) is 4.35. The molecule has 2 aromatic rings. The minimum Gasteiger partial charge on any atom is -0.379 e. The van der Waals surface area contributed by atoms with Gasteiger partial charge >= 0.3 is 0 Å². The maximum Gasteiger partial charge on any atom is 0.103 e. The normalized spacial score (nSPS) is 16.8. The van der Waals surface area contributed by atoms with Gasteiger partial charge in [0.05, 0.1) is 16.8 Å². The van der Waals surface area contributed by atoms with Crippen LogP contribution in [-0.4, -0.2) is 17.6 Å². The largest absolute Gasteiger partial charge is 0.379 e. The van der Waals surface area contributed by atoms with Gasteiger partial charge in [-0.05, 0) is 24.8 Å². The van der Waals surface area contributed by atoms with Gasteiger partial charge in [-0.15, -0.1) is 0 Å². The van der Waals surface area contributed by atoms with Gasteiger partial charge in [0.25, 0.3) is 0 Å². The molecule has 1 aliphatic carbocycles. The van der Waals surface area contributed by atoms with Crippen molar-refractivity contribution in [1.82, 2.24) is 4.98 Å². The molecule has 1 fully saturated rings. The van der Waals surface area contributed by atoms with Crippen molar-refractivity contribution in [3.63, 3.8) is 0 Å². The maximum absolute atomic E-state index is 9.37. The molecule has 4 nitrogen and oxygen atoms in total. The first-order chi connectivity index (χ1) is 10.3. The summed E-state index contributed by atoms with van der Waals surface area (Å²) in [5.74, 6) is 0.605. The van der Waals surface area contributed by atoms with E-state index in [4.69, 9.17) is 5.73 Å². The lowest BCUT2D eigenvalue weighted by molar-refractivity contribution is 0.462. The number of anilines is 1. The molecular formula is C17H20N4. The number of rotatable bonds is 4. The highest BCUT2D eigenvalue weighted by Gasteiger charge is 2.25. The van der Waals surface area contributed by atoms with Crippen molar-refractivity contribution in [2.75, 3.05) is 11.9 Å². The number of aromatic nitrogens is 1. The summed E-state index contributed by atoms with van der Waals surface area (Å²) in [5.41, 5.74) is 8.35. The van der Waals surface area contributed by atoms with Gasteiger partial charge in [-0.25, -0.2) is 0 Å². The minimum atomic E-state index is 0.227. The van der Waals surface area contributed by atoms with Gasteiger partial charge in [0.1, 0.15) is 6.07 Å². The van der Waals surface area contributed by atoms with E-state index in [-0.39, 0.29) is 6.04 Å². The molecule has 1 aromatic carbocycles. The molecule has 108 valence electrons. The van der Waals surface area contributed by atoms with Crippen molar-refractivity contribution in [1.29, 1.82) is 5.26 Å². The van der Waals surface area contributed by atoms with E-state index < -0.39 is 0 Å². The molecule has 3 rings (SSSR count). The van der Waals surface area contributed by atoms with Crippen LogP contribution in [0.15, 0.2) is 30.5 Å². The van der Waals surface area contributed by atoms with Crippen LogP contribution >= 0.6 is 0 Å². The summed E-state index contributed by atoms with van der Waals surface area (Å²) in [7, 11) is 0. The van der Waals surface area contributed by atoms with Crippen LogP contribution in [-0.2, 0) is 0 Å². The fraction of sp³-hybridized carbons (Fsp3) is 0.412. The van der Waals surface area contributed by atoms with Crippen molar-refractivity contribution in [3.8, 4) is 6.07 Å². The highest BCUT2D eigenvalue weighted by atomic mass is 15.0. The third-order valence-corrected chi connectivity index (χ3v) is 4.45. The van der Waals surface area contributed by atoms with Crippen LogP contribution in [0.1, 0.15) is 31.2 Å². The van der Waals surface area contributed by atoms with E-state index in [1.807, 2.05) is 24.3 Å². The highest BCUT2D eigenvalue weighted by molar-refractivity contribution is 5.93. The number of nitrogens with zero attached hydrogens (tertiary/aromatic N) is 2. The maximum atomic E-state index is 9.37. The average Bonchev–Trinajstić information content (AvgIpc) is 3.06. The first-order valence-corrected chi connectivity index (χ1v) is 7.58. The third kappa shape index (κ3) is 2.70. The van der Waals surface area contributed by atoms with Crippen LogP contribution in [0.4, 0.5) is 5.69 Å². The molecule has 1 heterocycles. The van der Waals surface area contributed by atoms with Crippen molar-refractivity contribution in [2.45, 2.75) is 31.7 Å². The van der Waals surface area contributed by atoms with Crippen LogP contribution in [0, 0.1) is 17.2 Å². The Labute approximate surface area is 125 Å². The summed E-state index contributed by atoms with van der Waals surface area (Å²) in [6.07, 6.45) is 6.66. The number of nitrogens with two attached hydrogens (primary N) is 1. The van der Waals surface area contributed by atoms with E-state index in [9.17, 15) is 5.26 Å². The molecular weight excluding hydrogens is 260 g/mol. The Morgan fingerprint density at radius 3 is 2.81 bits per heavy atom. The molecule has 0 bridgehead atoms. The number of nitriles is 1. The SMILES string of the molecule is N#Cc1cnc2ccccc2c1NC(CN)C1CCCC1. The third-order valence-electron chi connectivity index (χ3n) is 4.45. The van der Waals surface area contributed by atoms with Crippen molar-refractivity contribution in [3.05, 3.63) is 36.0 Å². The van der Waals surface area contributed by atoms with E-state index in [1.165, 1.54) is 25.7 Å². The van der Waals surface area contributed by atoms with Crippen molar-refractivity contribution < 1.29 is 0 Å². The van der Waals surface area contributed by atoms with E-state index >= 15 is 0 Å².